The number of nitrogens with one attached hydrogen (secondary N) is 1. The zero-order valence-electron chi connectivity index (χ0n) is 26.6. The van der Waals surface area contributed by atoms with Gasteiger partial charge in [0.25, 0.3) is 0 Å². The van der Waals surface area contributed by atoms with Crippen LogP contribution in [0.3, 0.4) is 0 Å². The van der Waals surface area contributed by atoms with Crippen molar-refractivity contribution < 1.29 is 27.8 Å². The van der Waals surface area contributed by atoms with Gasteiger partial charge in [0.2, 0.25) is 5.91 Å². The predicted octanol–water partition coefficient (Wildman–Crippen LogP) is 7.34. The standard InChI is InChI=1S/C31H59F2NO4/c1-27(2,3)20-34-26(35)31(11,12)14-13-17-36-22-29(7,8)15-16-30(9,10)23-38-19-25(33)24(32)18-37-21-28(4,5)6/h13-14,24-25H,15-23H2,1-12H3,(H,34,35)/b14-13+. The van der Waals surface area contributed by atoms with Gasteiger partial charge in [-0.2, -0.15) is 0 Å². The van der Waals surface area contributed by atoms with Crippen LogP contribution in [-0.2, 0) is 19.0 Å². The van der Waals surface area contributed by atoms with Gasteiger partial charge >= 0.3 is 0 Å². The lowest BCUT2D eigenvalue weighted by Gasteiger charge is -2.31. The Labute approximate surface area is 232 Å². The summed E-state index contributed by atoms with van der Waals surface area (Å²) in [6.07, 6.45) is 2.19. The highest BCUT2D eigenvalue weighted by molar-refractivity contribution is 5.83. The summed E-state index contributed by atoms with van der Waals surface area (Å²) in [6, 6.07) is 0. The lowest BCUT2D eigenvalue weighted by Crippen LogP contribution is -2.40. The SMILES string of the molecule is CC(C)(C)CNC(=O)C(C)(C)/C=C/COCC(C)(C)CCC(C)(C)COCC(F)C(F)COCC(C)(C)C. The highest BCUT2D eigenvalue weighted by atomic mass is 19.2. The fourth-order valence-electron chi connectivity index (χ4n) is 3.35. The summed E-state index contributed by atoms with van der Waals surface area (Å²) < 4.78 is 44.9. The minimum absolute atomic E-state index is 0.00319. The van der Waals surface area contributed by atoms with Crippen LogP contribution in [0.4, 0.5) is 8.78 Å². The molecule has 0 bridgehead atoms. The fraction of sp³-hybridized carbons (Fsp3) is 0.903. The van der Waals surface area contributed by atoms with E-state index in [0.29, 0.717) is 33.0 Å². The van der Waals surface area contributed by atoms with Gasteiger partial charge in [-0.1, -0.05) is 81.4 Å². The molecule has 0 aliphatic heterocycles. The van der Waals surface area contributed by atoms with Gasteiger partial charge in [-0.15, -0.1) is 0 Å². The number of hydrogen-bond donors (Lipinski definition) is 1. The van der Waals surface area contributed by atoms with Crippen LogP contribution >= 0.6 is 0 Å². The molecule has 7 heteroatoms. The Morgan fingerprint density at radius 1 is 0.711 bits per heavy atom. The number of halogens is 2. The second-order valence-corrected chi connectivity index (χ2v) is 15.3. The van der Waals surface area contributed by atoms with Gasteiger partial charge < -0.3 is 19.5 Å². The number of amides is 1. The Morgan fingerprint density at radius 2 is 1.16 bits per heavy atom. The fourth-order valence-corrected chi connectivity index (χ4v) is 3.35. The van der Waals surface area contributed by atoms with E-state index in [4.69, 9.17) is 14.2 Å². The molecule has 0 spiro atoms. The summed E-state index contributed by atoms with van der Waals surface area (Å²) in [5.74, 6) is 0.00319. The van der Waals surface area contributed by atoms with Crippen LogP contribution in [0.2, 0.25) is 0 Å². The van der Waals surface area contributed by atoms with Gasteiger partial charge in [0, 0.05) is 6.54 Å². The topological polar surface area (TPSA) is 56.8 Å². The molecule has 2 atom stereocenters. The molecule has 0 fully saturated rings. The molecule has 38 heavy (non-hydrogen) atoms. The molecule has 0 saturated carbocycles. The molecule has 0 saturated heterocycles. The lowest BCUT2D eigenvalue weighted by molar-refractivity contribution is -0.127. The van der Waals surface area contributed by atoms with Crippen molar-refractivity contribution in [3.8, 4) is 0 Å². The van der Waals surface area contributed by atoms with Crippen molar-refractivity contribution in [2.24, 2.45) is 27.1 Å². The van der Waals surface area contributed by atoms with Gasteiger partial charge in [0.15, 0.2) is 12.3 Å². The Balaban J connectivity index is 4.35. The van der Waals surface area contributed by atoms with Gasteiger partial charge in [-0.25, -0.2) is 8.78 Å². The van der Waals surface area contributed by atoms with Crippen LogP contribution in [0, 0.1) is 27.1 Å². The van der Waals surface area contributed by atoms with Crippen molar-refractivity contribution in [2.45, 2.75) is 108 Å². The average Bonchev–Trinajstić information content (AvgIpc) is 2.74. The molecule has 2 unspecified atom stereocenters. The summed E-state index contributed by atoms with van der Waals surface area (Å²) in [4.78, 5) is 12.5. The van der Waals surface area contributed by atoms with Crippen molar-refractivity contribution in [1.82, 2.24) is 5.32 Å². The normalized spacial score (nSPS) is 15.6. The first-order valence-electron chi connectivity index (χ1n) is 14.0. The molecule has 0 aliphatic carbocycles. The monoisotopic (exact) mass is 547 g/mol. The minimum atomic E-state index is -1.70. The van der Waals surface area contributed by atoms with Crippen molar-refractivity contribution in [3.05, 3.63) is 12.2 Å². The summed E-state index contributed by atoms with van der Waals surface area (Å²) in [5.41, 5.74) is -0.868. The van der Waals surface area contributed by atoms with E-state index >= 15 is 0 Å². The van der Waals surface area contributed by atoms with E-state index in [1.807, 2.05) is 46.8 Å². The third-order valence-corrected chi connectivity index (χ3v) is 6.06. The van der Waals surface area contributed by atoms with E-state index in [1.54, 1.807) is 0 Å². The zero-order chi connectivity index (χ0) is 29.8. The lowest BCUT2D eigenvalue weighted by atomic mass is 9.80. The Hall–Kier alpha value is -1.05. The maximum atomic E-state index is 14.1. The van der Waals surface area contributed by atoms with Crippen LogP contribution < -0.4 is 5.32 Å². The Kier molecular flexibility index (Phi) is 15.2. The van der Waals surface area contributed by atoms with Crippen molar-refractivity contribution in [2.75, 3.05) is 46.2 Å². The molecule has 1 amide bonds. The smallest absolute Gasteiger partial charge is 0.229 e. The molecule has 0 rings (SSSR count). The van der Waals surface area contributed by atoms with Crippen molar-refractivity contribution in [3.63, 3.8) is 0 Å². The maximum absolute atomic E-state index is 14.1. The predicted molar refractivity (Wildman–Crippen MR) is 154 cm³/mol. The molecule has 0 aliphatic rings. The molecule has 0 aromatic rings. The number of hydrogen-bond acceptors (Lipinski definition) is 4. The molecule has 0 aromatic heterocycles. The average molecular weight is 548 g/mol. The van der Waals surface area contributed by atoms with Gasteiger partial charge in [0.1, 0.15) is 0 Å². The van der Waals surface area contributed by atoms with Crippen molar-refractivity contribution >= 4 is 5.91 Å². The molecule has 0 radical (unpaired) electrons. The van der Waals surface area contributed by atoms with E-state index in [1.165, 1.54) is 0 Å². The number of alkyl halides is 2. The summed E-state index contributed by atoms with van der Waals surface area (Å²) in [7, 11) is 0. The van der Waals surface area contributed by atoms with Crippen LogP contribution in [0.25, 0.3) is 0 Å². The highest BCUT2D eigenvalue weighted by Gasteiger charge is 2.28. The third kappa shape index (κ3) is 19.1. The molecule has 226 valence electrons. The van der Waals surface area contributed by atoms with Crippen molar-refractivity contribution in [1.29, 1.82) is 0 Å². The van der Waals surface area contributed by atoms with E-state index in [2.05, 4.69) is 53.8 Å². The number of rotatable bonds is 18. The Bertz CT molecular complexity index is 706. The highest BCUT2D eigenvalue weighted by Crippen LogP contribution is 2.31. The van der Waals surface area contributed by atoms with E-state index in [9.17, 15) is 13.6 Å². The van der Waals surface area contributed by atoms with E-state index in [-0.39, 0.29) is 40.8 Å². The second-order valence-electron chi connectivity index (χ2n) is 15.3. The Morgan fingerprint density at radius 3 is 1.61 bits per heavy atom. The molecule has 1 N–H and O–H groups in total. The summed E-state index contributed by atoms with van der Waals surface area (Å²) >= 11 is 0. The maximum Gasteiger partial charge on any atom is 0.229 e. The van der Waals surface area contributed by atoms with Crippen LogP contribution in [0.15, 0.2) is 12.2 Å². The third-order valence-electron chi connectivity index (χ3n) is 6.06. The molecule has 5 nitrogen and oxygen atoms in total. The summed E-state index contributed by atoms with van der Waals surface area (Å²) in [5, 5.41) is 3.01. The van der Waals surface area contributed by atoms with Crippen LogP contribution in [0.5, 0.6) is 0 Å². The van der Waals surface area contributed by atoms with Gasteiger partial charge in [-0.3, -0.25) is 4.79 Å². The second kappa shape index (κ2) is 15.7. The number of carbonyl (C=O) groups excluding carboxylic acids is 1. The molecule has 0 heterocycles. The molecular weight excluding hydrogens is 488 g/mol. The van der Waals surface area contributed by atoms with Crippen LogP contribution in [-0.4, -0.2) is 64.4 Å². The van der Waals surface area contributed by atoms with E-state index in [0.717, 1.165) is 12.8 Å². The largest absolute Gasteiger partial charge is 0.378 e. The molecule has 0 aromatic carbocycles. The summed E-state index contributed by atoms with van der Waals surface area (Å²) in [6.45, 7) is 26.4. The van der Waals surface area contributed by atoms with Gasteiger partial charge in [-0.05, 0) is 48.3 Å². The first-order valence-corrected chi connectivity index (χ1v) is 14.0. The van der Waals surface area contributed by atoms with E-state index < -0.39 is 17.8 Å². The first kappa shape index (κ1) is 37.0. The quantitative estimate of drug-likeness (QED) is 0.144. The van der Waals surface area contributed by atoms with Crippen LogP contribution in [0.1, 0.15) is 95.9 Å². The zero-order valence-corrected chi connectivity index (χ0v) is 26.6. The minimum Gasteiger partial charge on any atom is -0.378 e. The number of ether oxygens (including phenoxy) is 3. The number of carbonyl (C=O) groups is 1. The molecular formula is C31H59F2NO4. The first-order chi connectivity index (χ1) is 17.1. The van der Waals surface area contributed by atoms with Gasteiger partial charge in [0.05, 0.1) is 45.1 Å².